The molecule has 132 valence electrons. The number of aromatic amines is 1. The van der Waals surface area contributed by atoms with E-state index in [-0.39, 0.29) is 5.91 Å². The first-order valence-corrected chi connectivity index (χ1v) is 9.24. The Balaban J connectivity index is 1.96. The number of nitrogens with zero attached hydrogens (tertiary/aromatic N) is 2. The molecule has 0 saturated carbocycles. The molecule has 1 N–H and O–H groups in total. The molecule has 4 heteroatoms. The quantitative estimate of drug-likeness (QED) is 0.783. The van der Waals surface area contributed by atoms with Crippen LogP contribution in [0.4, 0.5) is 0 Å². The van der Waals surface area contributed by atoms with Crippen molar-refractivity contribution in [2.75, 3.05) is 13.1 Å². The van der Waals surface area contributed by atoms with Crippen molar-refractivity contribution in [3.05, 3.63) is 90.0 Å². The van der Waals surface area contributed by atoms with Crippen LogP contribution in [0.3, 0.4) is 0 Å². The van der Waals surface area contributed by atoms with E-state index >= 15 is 0 Å². The summed E-state index contributed by atoms with van der Waals surface area (Å²) in [4.78, 5) is 23.8. The van der Waals surface area contributed by atoms with E-state index in [2.05, 4.69) is 9.97 Å². The van der Waals surface area contributed by atoms with Gasteiger partial charge in [-0.05, 0) is 30.4 Å². The molecular formula is C22H23N3O. The van der Waals surface area contributed by atoms with Crippen LogP contribution >= 0.6 is 0 Å². The third-order valence-electron chi connectivity index (χ3n) is 5.23. The number of likely N-dealkylation sites (tertiary alicyclic amines) is 1. The fourth-order valence-corrected chi connectivity index (χ4v) is 3.97. The normalized spacial score (nSPS) is 15.0. The van der Waals surface area contributed by atoms with Crippen LogP contribution in [0.2, 0.25) is 0 Å². The number of carbonyl (C=O) groups is 1. The molecule has 2 heterocycles. The second-order valence-electron chi connectivity index (χ2n) is 6.77. The third-order valence-corrected chi connectivity index (χ3v) is 5.23. The van der Waals surface area contributed by atoms with Gasteiger partial charge >= 0.3 is 0 Å². The SMILES string of the molecule is O=C(N1CCCCC1)C(c1ccccc1)(c1ccccc1)c1ncc[nH]1. The molecule has 1 fully saturated rings. The fourth-order valence-electron chi connectivity index (χ4n) is 3.97. The zero-order chi connectivity index (χ0) is 17.8. The smallest absolute Gasteiger partial charge is 0.245 e. The Morgan fingerprint density at radius 2 is 1.46 bits per heavy atom. The Hall–Kier alpha value is -2.88. The van der Waals surface area contributed by atoms with Gasteiger partial charge in [-0.15, -0.1) is 0 Å². The fraction of sp³-hybridized carbons (Fsp3) is 0.273. The van der Waals surface area contributed by atoms with Crippen molar-refractivity contribution in [1.29, 1.82) is 0 Å². The number of carbonyl (C=O) groups excluding carboxylic acids is 1. The Labute approximate surface area is 153 Å². The van der Waals surface area contributed by atoms with E-state index in [1.54, 1.807) is 12.4 Å². The Morgan fingerprint density at radius 1 is 0.885 bits per heavy atom. The van der Waals surface area contributed by atoms with Crippen LogP contribution in [0.1, 0.15) is 36.2 Å². The lowest BCUT2D eigenvalue weighted by molar-refractivity contribution is -0.135. The average molecular weight is 345 g/mol. The zero-order valence-electron chi connectivity index (χ0n) is 14.8. The maximum Gasteiger partial charge on any atom is 0.245 e. The summed E-state index contributed by atoms with van der Waals surface area (Å²) in [5.74, 6) is 0.773. The van der Waals surface area contributed by atoms with Crippen LogP contribution in [0.25, 0.3) is 0 Å². The second kappa shape index (κ2) is 7.16. The number of hydrogen-bond donors (Lipinski definition) is 1. The van der Waals surface area contributed by atoms with E-state index in [4.69, 9.17) is 0 Å². The van der Waals surface area contributed by atoms with Crippen molar-refractivity contribution < 1.29 is 4.79 Å². The molecule has 1 aromatic heterocycles. The predicted octanol–water partition coefficient (Wildman–Crippen LogP) is 3.76. The lowest BCUT2D eigenvalue weighted by atomic mass is 9.72. The van der Waals surface area contributed by atoms with Crippen LogP contribution in [0.5, 0.6) is 0 Å². The maximum atomic E-state index is 14.0. The number of amides is 1. The van der Waals surface area contributed by atoms with Crippen molar-refractivity contribution in [2.24, 2.45) is 0 Å². The van der Waals surface area contributed by atoms with E-state index < -0.39 is 5.41 Å². The highest BCUT2D eigenvalue weighted by molar-refractivity contribution is 5.95. The number of piperidine rings is 1. The van der Waals surface area contributed by atoms with Crippen molar-refractivity contribution in [3.63, 3.8) is 0 Å². The van der Waals surface area contributed by atoms with E-state index in [0.717, 1.165) is 37.1 Å². The summed E-state index contributed by atoms with van der Waals surface area (Å²) in [6.45, 7) is 1.61. The van der Waals surface area contributed by atoms with Gasteiger partial charge in [0.15, 0.2) is 5.41 Å². The number of imidazole rings is 1. The maximum absolute atomic E-state index is 14.0. The molecule has 1 aliphatic heterocycles. The van der Waals surface area contributed by atoms with Crippen LogP contribution in [-0.4, -0.2) is 33.9 Å². The number of benzene rings is 2. The molecular weight excluding hydrogens is 322 g/mol. The highest BCUT2D eigenvalue weighted by atomic mass is 16.2. The molecule has 0 radical (unpaired) electrons. The summed E-state index contributed by atoms with van der Waals surface area (Å²) in [5, 5.41) is 0. The first-order valence-electron chi connectivity index (χ1n) is 9.24. The highest BCUT2D eigenvalue weighted by Gasteiger charge is 2.48. The Kier molecular flexibility index (Phi) is 4.57. The second-order valence-corrected chi connectivity index (χ2v) is 6.77. The monoisotopic (exact) mass is 345 g/mol. The van der Waals surface area contributed by atoms with Crippen molar-refractivity contribution >= 4 is 5.91 Å². The number of rotatable bonds is 4. The molecule has 0 spiro atoms. The van der Waals surface area contributed by atoms with E-state index in [1.165, 1.54) is 6.42 Å². The van der Waals surface area contributed by atoms with Crippen molar-refractivity contribution in [2.45, 2.75) is 24.7 Å². The minimum Gasteiger partial charge on any atom is -0.347 e. The summed E-state index contributed by atoms with van der Waals surface area (Å²) < 4.78 is 0. The highest BCUT2D eigenvalue weighted by Crippen LogP contribution is 2.39. The van der Waals surface area contributed by atoms with Gasteiger partial charge in [-0.25, -0.2) is 4.98 Å². The molecule has 1 aliphatic rings. The van der Waals surface area contributed by atoms with Gasteiger partial charge in [-0.3, -0.25) is 4.79 Å². The standard InChI is InChI=1S/C22H23N3O/c26-21(25-16-8-3-9-17-25)22(20-23-14-15-24-20,18-10-4-1-5-11-18)19-12-6-2-7-13-19/h1-2,4-7,10-15H,3,8-9,16-17H2,(H,23,24). The lowest BCUT2D eigenvalue weighted by Crippen LogP contribution is -2.50. The van der Waals surface area contributed by atoms with Crippen molar-refractivity contribution in [1.82, 2.24) is 14.9 Å². The van der Waals surface area contributed by atoms with Gasteiger partial charge in [0.05, 0.1) is 0 Å². The molecule has 2 aromatic carbocycles. The van der Waals surface area contributed by atoms with Crippen LogP contribution in [0, 0.1) is 0 Å². The topological polar surface area (TPSA) is 49.0 Å². The molecule has 4 nitrogen and oxygen atoms in total. The first-order chi connectivity index (χ1) is 12.8. The molecule has 0 bridgehead atoms. The van der Waals surface area contributed by atoms with E-state index in [9.17, 15) is 4.79 Å². The third kappa shape index (κ3) is 2.71. The largest absolute Gasteiger partial charge is 0.347 e. The summed E-state index contributed by atoms with van der Waals surface area (Å²) in [6, 6.07) is 20.0. The minimum atomic E-state index is -0.955. The van der Waals surface area contributed by atoms with Crippen molar-refractivity contribution in [3.8, 4) is 0 Å². The van der Waals surface area contributed by atoms with Gasteiger partial charge in [0.1, 0.15) is 5.82 Å². The van der Waals surface area contributed by atoms with Gasteiger partial charge in [0.25, 0.3) is 0 Å². The van der Waals surface area contributed by atoms with E-state index in [0.29, 0.717) is 5.82 Å². The predicted molar refractivity (Wildman–Crippen MR) is 102 cm³/mol. The van der Waals surface area contributed by atoms with E-state index in [1.807, 2.05) is 65.6 Å². The number of nitrogens with one attached hydrogen (secondary N) is 1. The Bertz CT molecular complexity index is 798. The van der Waals surface area contributed by atoms with Gasteiger partial charge in [0, 0.05) is 25.5 Å². The summed E-state index contributed by atoms with van der Waals surface area (Å²) in [6.07, 6.45) is 6.82. The minimum absolute atomic E-state index is 0.101. The Morgan fingerprint density at radius 3 is 1.96 bits per heavy atom. The average Bonchev–Trinajstić information content (AvgIpc) is 3.26. The van der Waals surface area contributed by atoms with Gasteiger partial charge < -0.3 is 9.88 Å². The zero-order valence-corrected chi connectivity index (χ0v) is 14.8. The molecule has 1 amide bonds. The molecule has 1 saturated heterocycles. The van der Waals surface area contributed by atoms with Gasteiger partial charge in [0.2, 0.25) is 5.91 Å². The molecule has 0 unspecified atom stereocenters. The number of hydrogen-bond acceptors (Lipinski definition) is 2. The molecule has 4 rings (SSSR count). The first kappa shape index (κ1) is 16.6. The molecule has 26 heavy (non-hydrogen) atoms. The molecule has 0 aliphatic carbocycles. The van der Waals surface area contributed by atoms with Crippen LogP contribution in [-0.2, 0) is 10.2 Å². The van der Waals surface area contributed by atoms with Gasteiger partial charge in [-0.1, -0.05) is 60.7 Å². The van der Waals surface area contributed by atoms with Crippen LogP contribution in [0.15, 0.2) is 73.1 Å². The number of aromatic nitrogens is 2. The van der Waals surface area contributed by atoms with Gasteiger partial charge in [-0.2, -0.15) is 0 Å². The summed E-state index contributed by atoms with van der Waals surface area (Å²) in [7, 11) is 0. The summed E-state index contributed by atoms with van der Waals surface area (Å²) in [5.41, 5.74) is 0.928. The molecule has 3 aromatic rings. The van der Waals surface area contributed by atoms with Crippen LogP contribution < -0.4 is 0 Å². The molecule has 0 atom stereocenters. The lowest BCUT2D eigenvalue weighted by Gasteiger charge is -2.38. The number of H-pyrrole nitrogens is 1. The summed E-state index contributed by atoms with van der Waals surface area (Å²) >= 11 is 0.